The third-order valence-corrected chi connectivity index (χ3v) is 7.90. The van der Waals surface area contributed by atoms with Gasteiger partial charge in [-0.05, 0) is 95.0 Å². The molecule has 0 fully saturated rings. The minimum Gasteiger partial charge on any atom is -0.493 e. The molecule has 0 unspecified atom stereocenters. The van der Waals surface area contributed by atoms with Gasteiger partial charge in [-0.15, -0.1) is 0 Å². The lowest BCUT2D eigenvalue weighted by molar-refractivity contribution is -0.137. The van der Waals surface area contributed by atoms with Gasteiger partial charge in [-0.1, -0.05) is 64.1 Å². The summed E-state index contributed by atoms with van der Waals surface area (Å²) in [5.74, 6) is -0.912. The van der Waals surface area contributed by atoms with Crippen LogP contribution in [0.5, 0.6) is 5.75 Å². The van der Waals surface area contributed by atoms with Crippen molar-refractivity contribution in [1.29, 1.82) is 0 Å². The SMILES string of the molecule is CC1(C)CCC(C)(C)c2cc(-c3cc(-c4ccc(C(=O)O)cc4)ccc3OCCCCCC(=O)O)ccc21. The molecule has 0 amide bonds. The van der Waals surface area contributed by atoms with Gasteiger partial charge in [-0.25, -0.2) is 4.79 Å². The quantitative estimate of drug-likeness (QED) is 0.267. The van der Waals surface area contributed by atoms with E-state index in [4.69, 9.17) is 9.84 Å². The highest BCUT2D eigenvalue weighted by Gasteiger charge is 2.37. The molecule has 0 spiro atoms. The van der Waals surface area contributed by atoms with E-state index in [2.05, 4.69) is 52.0 Å². The molecule has 0 radical (unpaired) electrons. The average molecular weight is 515 g/mol. The van der Waals surface area contributed by atoms with Crippen molar-refractivity contribution in [3.8, 4) is 28.0 Å². The number of unbranched alkanes of at least 4 members (excludes halogenated alkanes) is 2. The molecule has 2 N–H and O–H groups in total. The molecule has 5 heteroatoms. The second-order valence-corrected chi connectivity index (χ2v) is 11.7. The van der Waals surface area contributed by atoms with Crippen LogP contribution in [-0.2, 0) is 15.6 Å². The van der Waals surface area contributed by atoms with Gasteiger partial charge in [0.15, 0.2) is 0 Å². The van der Waals surface area contributed by atoms with E-state index in [1.807, 2.05) is 24.3 Å². The Morgan fingerprint density at radius 3 is 2.03 bits per heavy atom. The van der Waals surface area contributed by atoms with Gasteiger partial charge in [0.05, 0.1) is 12.2 Å². The van der Waals surface area contributed by atoms with E-state index in [1.165, 1.54) is 11.1 Å². The summed E-state index contributed by atoms with van der Waals surface area (Å²) in [7, 11) is 0. The summed E-state index contributed by atoms with van der Waals surface area (Å²) in [6.07, 6.45) is 4.71. The van der Waals surface area contributed by atoms with Crippen LogP contribution in [-0.4, -0.2) is 28.8 Å². The molecule has 0 heterocycles. The summed E-state index contributed by atoms with van der Waals surface area (Å²) >= 11 is 0. The molecule has 1 aliphatic carbocycles. The van der Waals surface area contributed by atoms with E-state index in [0.29, 0.717) is 13.0 Å². The first-order valence-corrected chi connectivity index (χ1v) is 13.5. The predicted molar refractivity (Wildman–Crippen MR) is 151 cm³/mol. The fourth-order valence-electron chi connectivity index (χ4n) is 5.36. The van der Waals surface area contributed by atoms with Crippen LogP contribution in [0.4, 0.5) is 0 Å². The van der Waals surface area contributed by atoms with Crippen LogP contribution in [0.3, 0.4) is 0 Å². The Hall–Kier alpha value is -3.60. The van der Waals surface area contributed by atoms with Gasteiger partial charge >= 0.3 is 11.9 Å². The minimum absolute atomic E-state index is 0.0797. The second kappa shape index (κ2) is 11.0. The van der Waals surface area contributed by atoms with Gasteiger partial charge in [-0.3, -0.25) is 4.79 Å². The van der Waals surface area contributed by atoms with Gasteiger partial charge in [-0.2, -0.15) is 0 Å². The first-order valence-electron chi connectivity index (χ1n) is 13.5. The lowest BCUT2D eigenvalue weighted by Gasteiger charge is -2.42. The van der Waals surface area contributed by atoms with E-state index in [9.17, 15) is 14.7 Å². The number of hydrogen-bond acceptors (Lipinski definition) is 3. The Labute approximate surface area is 225 Å². The van der Waals surface area contributed by atoms with Crippen molar-refractivity contribution >= 4 is 11.9 Å². The summed E-state index contributed by atoms with van der Waals surface area (Å²) in [5, 5.41) is 18.1. The zero-order valence-corrected chi connectivity index (χ0v) is 22.8. The predicted octanol–water partition coefficient (Wildman–Crippen LogP) is 8.09. The molecule has 1 aliphatic rings. The van der Waals surface area contributed by atoms with Crippen LogP contribution in [0.2, 0.25) is 0 Å². The van der Waals surface area contributed by atoms with Crippen molar-refractivity contribution in [2.45, 2.75) is 77.0 Å². The molecule has 0 saturated heterocycles. The highest BCUT2D eigenvalue weighted by atomic mass is 16.5. The Morgan fingerprint density at radius 1 is 0.737 bits per heavy atom. The van der Waals surface area contributed by atoms with Crippen molar-refractivity contribution in [2.24, 2.45) is 0 Å². The zero-order valence-electron chi connectivity index (χ0n) is 22.8. The number of carboxylic acids is 2. The highest BCUT2D eigenvalue weighted by molar-refractivity contribution is 5.88. The van der Waals surface area contributed by atoms with Gasteiger partial charge in [0.25, 0.3) is 0 Å². The molecule has 4 rings (SSSR count). The zero-order chi connectivity index (χ0) is 27.5. The normalized spacial score (nSPS) is 15.5. The lowest BCUT2D eigenvalue weighted by Crippen LogP contribution is -2.33. The number of rotatable bonds is 10. The maximum atomic E-state index is 11.3. The Balaban J connectivity index is 1.70. The van der Waals surface area contributed by atoms with Crippen LogP contribution in [0.25, 0.3) is 22.3 Å². The molecular weight excluding hydrogens is 476 g/mol. The third kappa shape index (κ3) is 6.09. The van der Waals surface area contributed by atoms with E-state index in [0.717, 1.165) is 53.7 Å². The summed E-state index contributed by atoms with van der Waals surface area (Å²) in [5.41, 5.74) is 7.27. The van der Waals surface area contributed by atoms with E-state index in [-0.39, 0.29) is 22.8 Å². The van der Waals surface area contributed by atoms with Crippen molar-refractivity contribution < 1.29 is 24.5 Å². The largest absolute Gasteiger partial charge is 0.493 e. The minimum atomic E-state index is -0.941. The van der Waals surface area contributed by atoms with Crippen molar-refractivity contribution in [3.05, 3.63) is 77.4 Å². The summed E-state index contributed by atoms with van der Waals surface area (Å²) in [6.45, 7) is 9.80. The molecule has 3 aromatic carbocycles. The Morgan fingerprint density at radius 2 is 1.37 bits per heavy atom. The number of carbonyl (C=O) groups is 2. The first kappa shape index (κ1) is 27.4. The maximum absolute atomic E-state index is 11.3. The molecule has 0 bridgehead atoms. The number of benzene rings is 3. The number of hydrogen-bond donors (Lipinski definition) is 2. The topological polar surface area (TPSA) is 83.8 Å². The number of carboxylic acid groups (broad SMARTS) is 2. The number of aromatic carboxylic acids is 1. The Bertz CT molecular complexity index is 1320. The standard InChI is InChI=1S/C33H38O5/c1-32(2)17-18-33(3,4)28-21-25(13-15-27(28)32)26-20-24(22-9-11-23(12-10-22)31(36)37)14-16-29(26)38-19-7-5-6-8-30(34)35/h9-16,20-21H,5-8,17-19H2,1-4H3,(H,34,35)(H,36,37). The summed E-state index contributed by atoms with van der Waals surface area (Å²) < 4.78 is 6.25. The van der Waals surface area contributed by atoms with Crippen LogP contribution in [0.15, 0.2) is 60.7 Å². The monoisotopic (exact) mass is 514 g/mol. The van der Waals surface area contributed by atoms with Gasteiger partial charge in [0, 0.05) is 12.0 Å². The van der Waals surface area contributed by atoms with E-state index >= 15 is 0 Å². The van der Waals surface area contributed by atoms with Crippen LogP contribution in [0.1, 0.15) is 87.7 Å². The molecule has 0 atom stereocenters. The Kier molecular flexibility index (Phi) is 7.96. The molecule has 200 valence electrons. The van der Waals surface area contributed by atoms with Crippen LogP contribution >= 0.6 is 0 Å². The maximum Gasteiger partial charge on any atom is 0.335 e. The molecule has 5 nitrogen and oxygen atoms in total. The summed E-state index contributed by atoms with van der Waals surface area (Å²) in [4.78, 5) is 22.1. The van der Waals surface area contributed by atoms with Crippen molar-refractivity contribution in [1.82, 2.24) is 0 Å². The molecule has 38 heavy (non-hydrogen) atoms. The molecular formula is C33H38O5. The van der Waals surface area contributed by atoms with Crippen LogP contribution < -0.4 is 4.74 Å². The molecule has 3 aromatic rings. The molecule has 0 aromatic heterocycles. The number of fused-ring (bicyclic) bond motifs is 1. The van der Waals surface area contributed by atoms with Gasteiger partial charge in [0.2, 0.25) is 0 Å². The van der Waals surface area contributed by atoms with E-state index < -0.39 is 11.9 Å². The highest BCUT2D eigenvalue weighted by Crippen LogP contribution is 2.47. The van der Waals surface area contributed by atoms with Gasteiger partial charge < -0.3 is 14.9 Å². The van der Waals surface area contributed by atoms with E-state index in [1.54, 1.807) is 12.1 Å². The summed E-state index contributed by atoms with van der Waals surface area (Å²) in [6, 6.07) is 19.8. The number of aliphatic carboxylic acids is 1. The van der Waals surface area contributed by atoms with Gasteiger partial charge in [0.1, 0.15) is 5.75 Å². The first-order chi connectivity index (χ1) is 18.0. The number of ether oxygens (including phenoxy) is 1. The van der Waals surface area contributed by atoms with Crippen LogP contribution in [0, 0.1) is 0 Å². The van der Waals surface area contributed by atoms with Crippen molar-refractivity contribution in [3.63, 3.8) is 0 Å². The smallest absolute Gasteiger partial charge is 0.335 e. The fourth-order valence-corrected chi connectivity index (χ4v) is 5.36. The molecule has 0 aliphatic heterocycles. The lowest BCUT2D eigenvalue weighted by atomic mass is 9.63. The fraction of sp³-hybridized carbons (Fsp3) is 0.394. The van der Waals surface area contributed by atoms with Crippen molar-refractivity contribution in [2.75, 3.05) is 6.61 Å². The average Bonchev–Trinajstić information content (AvgIpc) is 2.88. The third-order valence-electron chi connectivity index (χ3n) is 7.90. The molecule has 0 saturated carbocycles. The second-order valence-electron chi connectivity index (χ2n) is 11.7.